The Morgan fingerprint density at radius 1 is 1.30 bits per heavy atom. The van der Waals surface area contributed by atoms with Crippen LogP contribution >= 0.6 is 11.3 Å². The zero-order valence-electron chi connectivity index (χ0n) is 11.0. The van der Waals surface area contributed by atoms with Gasteiger partial charge in [0.05, 0.1) is 11.8 Å². The van der Waals surface area contributed by atoms with E-state index in [-0.39, 0.29) is 6.03 Å². The van der Waals surface area contributed by atoms with Crippen molar-refractivity contribution in [3.8, 4) is 10.4 Å². The number of anilines is 1. The maximum Gasteiger partial charge on any atom is 0.321 e. The SMILES string of the molecule is O=C(Nc1ccccc1-c1cccs1)N1CC[C@@H](O)C1. The Morgan fingerprint density at radius 3 is 2.85 bits per heavy atom. The molecular formula is C15H16N2O2S. The molecule has 0 unspecified atom stereocenters. The largest absolute Gasteiger partial charge is 0.391 e. The summed E-state index contributed by atoms with van der Waals surface area (Å²) in [4.78, 5) is 15.0. The van der Waals surface area contributed by atoms with Crippen LogP contribution in [0.5, 0.6) is 0 Å². The van der Waals surface area contributed by atoms with Crippen LogP contribution < -0.4 is 5.32 Å². The minimum atomic E-state index is -0.395. The van der Waals surface area contributed by atoms with Crippen molar-refractivity contribution in [3.05, 3.63) is 41.8 Å². The molecule has 0 aliphatic carbocycles. The quantitative estimate of drug-likeness (QED) is 0.892. The van der Waals surface area contributed by atoms with Crippen LogP contribution in [0.25, 0.3) is 10.4 Å². The fourth-order valence-corrected chi connectivity index (χ4v) is 3.13. The van der Waals surface area contributed by atoms with E-state index in [1.54, 1.807) is 16.2 Å². The second-order valence-corrected chi connectivity index (χ2v) is 5.79. The molecule has 20 heavy (non-hydrogen) atoms. The first kappa shape index (κ1) is 13.1. The highest BCUT2D eigenvalue weighted by molar-refractivity contribution is 7.13. The molecule has 2 amide bonds. The summed E-state index contributed by atoms with van der Waals surface area (Å²) in [5.74, 6) is 0. The Kier molecular flexibility index (Phi) is 3.71. The summed E-state index contributed by atoms with van der Waals surface area (Å²) in [6.07, 6.45) is 0.258. The second kappa shape index (κ2) is 5.64. The highest BCUT2D eigenvalue weighted by Gasteiger charge is 2.24. The number of aliphatic hydroxyl groups is 1. The fraction of sp³-hybridized carbons (Fsp3) is 0.267. The average molecular weight is 288 g/mol. The number of aliphatic hydroxyl groups excluding tert-OH is 1. The first-order chi connectivity index (χ1) is 9.74. The first-order valence-corrected chi connectivity index (χ1v) is 7.49. The lowest BCUT2D eigenvalue weighted by Gasteiger charge is -2.18. The molecule has 2 heterocycles. The molecule has 0 saturated carbocycles. The van der Waals surface area contributed by atoms with Gasteiger partial charge in [-0.3, -0.25) is 0 Å². The van der Waals surface area contributed by atoms with Crippen LogP contribution in [0, 0.1) is 0 Å². The third kappa shape index (κ3) is 2.69. The van der Waals surface area contributed by atoms with Crippen molar-refractivity contribution in [1.29, 1.82) is 0 Å². The lowest BCUT2D eigenvalue weighted by molar-refractivity contribution is 0.176. The summed E-state index contributed by atoms with van der Waals surface area (Å²) in [5.41, 5.74) is 1.83. The molecule has 0 bridgehead atoms. The maximum atomic E-state index is 12.2. The van der Waals surface area contributed by atoms with E-state index in [1.807, 2.05) is 41.8 Å². The van der Waals surface area contributed by atoms with Crippen molar-refractivity contribution in [2.24, 2.45) is 0 Å². The van der Waals surface area contributed by atoms with Crippen LogP contribution in [0.15, 0.2) is 41.8 Å². The van der Waals surface area contributed by atoms with Crippen molar-refractivity contribution in [2.75, 3.05) is 18.4 Å². The van der Waals surface area contributed by atoms with Gasteiger partial charge < -0.3 is 15.3 Å². The van der Waals surface area contributed by atoms with Crippen molar-refractivity contribution < 1.29 is 9.90 Å². The van der Waals surface area contributed by atoms with E-state index in [0.717, 1.165) is 16.1 Å². The molecule has 5 heteroatoms. The lowest BCUT2D eigenvalue weighted by atomic mass is 10.1. The van der Waals surface area contributed by atoms with Crippen LogP contribution in [0.4, 0.5) is 10.5 Å². The molecule has 1 saturated heterocycles. The highest BCUT2D eigenvalue weighted by Crippen LogP contribution is 2.31. The third-order valence-electron chi connectivity index (χ3n) is 3.41. The van der Waals surface area contributed by atoms with Crippen LogP contribution in [0.2, 0.25) is 0 Å². The average Bonchev–Trinajstić information content (AvgIpc) is 3.10. The van der Waals surface area contributed by atoms with Gasteiger partial charge >= 0.3 is 6.03 Å². The number of carbonyl (C=O) groups is 1. The molecule has 4 nitrogen and oxygen atoms in total. The smallest absolute Gasteiger partial charge is 0.321 e. The van der Waals surface area contributed by atoms with E-state index in [2.05, 4.69) is 5.32 Å². The number of benzene rings is 1. The van der Waals surface area contributed by atoms with E-state index >= 15 is 0 Å². The van der Waals surface area contributed by atoms with Gasteiger partial charge in [0.25, 0.3) is 0 Å². The Hall–Kier alpha value is -1.85. The molecule has 1 aliphatic rings. The number of hydrogen-bond acceptors (Lipinski definition) is 3. The summed E-state index contributed by atoms with van der Waals surface area (Å²) in [6.45, 7) is 1.02. The Balaban J connectivity index is 1.79. The van der Waals surface area contributed by atoms with Crippen LogP contribution in [-0.4, -0.2) is 35.2 Å². The second-order valence-electron chi connectivity index (χ2n) is 4.84. The number of carbonyl (C=O) groups excluding carboxylic acids is 1. The Morgan fingerprint density at radius 2 is 2.15 bits per heavy atom. The Labute approximate surface area is 121 Å². The summed E-state index contributed by atoms with van der Waals surface area (Å²) in [5, 5.41) is 14.5. The molecule has 1 aliphatic heterocycles. The number of thiophene rings is 1. The number of hydrogen-bond donors (Lipinski definition) is 2. The van der Waals surface area contributed by atoms with Crippen molar-refractivity contribution in [1.82, 2.24) is 4.90 Å². The molecule has 104 valence electrons. The predicted octanol–water partition coefficient (Wildman–Crippen LogP) is 3.01. The monoisotopic (exact) mass is 288 g/mol. The van der Waals surface area contributed by atoms with Gasteiger partial charge in [0.1, 0.15) is 0 Å². The maximum absolute atomic E-state index is 12.2. The molecule has 2 aromatic rings. The van der Waals surface area contributed by atoms with Gasteiger partial charge in [-0.15, -0.1) is 11.3 Å². The molecule has 0 spiro atoms. The molecule has 1 atom stereocenters. The van der Waals surface area contributed by atoms with E-state index in [0.29, 0.717) is 19.5 Å². The highest BCUT2D eigenvalue weighted by atomic mass is 32.1. The molecular weight excluding hydrogens is 272 g/mol. The molecule has 1 fully saturated rings. The van der Waals surface area contributed by atoms with Crippen molar-refractivity contribution in [2.45, 2.75) is 12.5 Å². The van der Waals surface area contributed by atoms with E-state index in [4.69, 9.17) is 0 Å². The topological polar surface area (TPSA) is 52.6 Å². The van der Waals surface area contributed by atoms with Gasteiger partial charge in [-0.2, -0.15) is 0 Å². The summed E-state index contributed by atoms with van der Waals surface area (Å²) in [6, 6.07) is 11.7. The van der Waals surface area contributed by atoms with E-state index in [1.165, 1.54) is 0 Å². The molecule has 1 aromatic heterocycles. The third-order valence-corrected chi connectivity index (χ3v) is 4.31. The number of amides is 2. The number of nitrogens with zero attached hydrogens (tertiary/aromatic N) is 1. The predicted molar refractivity (Wildman–Crippen MR) is 81.0 cm³/mol. The molecule has 0 radical (unpaired) electrons. The minimum absolute atomic E-state index is 0.148. The summed E-state index contributed by atoms with van der Waals surface area (Å²) >= 11 is 1.65. The summed E-state index contributed by atoms with van der Waals surface area (Å²) in [7, 11) is 0. The van der Waals surface area contributed by atoms with Gasteiger partial charge in [0.2, 0.25) is 0 Å². The van der Waals surface area contributed by atoms with Gasteiger partial charge in [-0.1, -0.05) is 24.3 Å². The van der Waals surface area contributed by atoms with Crippen molar-refractivity contribution in [3.63, 3.8) is 0 Å². The molecule has 1 aromatic carbocycles. The number of rotatable bonds is 2. The fourth-order valence-electron chi connectivity index (χ4n) is 2.36. The zero-order valence-corrected chi connectivity index (χ0v) is 11.8. The minimum Gasteiger partial charge on any atom is -0.391 e. The molecule has 2 N–H and O–H groups in total. The van der Waals surface area contributed by atoms with E-state index < -0.39 is 6.10 Å². The number of urea groups is 1. The molecule has 3 rings (SSSR count). The van der Waals surface area contributed by atoms with Gasteiger partial charge in [0, 0.05) is 23.5 Å². The van der Waals surface area contributed by atoms with Gasteiger partial charge in [-0.05, 0) is 23.9 Å². The lowest BCUT2D eigenvalue weighted by Crippen LogP contribution is -2.33. The van der Waals surface area contributed by atoms with E-state index in [9.17, 15) is 9.90 Å². The first-order valence-electron chi connectivity index (χ1n) is 6.61. The number of β-amino-alcohol motifs (C(OH)–C–C–N with tert-alkyl or cyclic N) is 1. The van der Waals surface area contributed by atoms with Crippen LogP contribution in [-0.2, 0) is 0 Å². The van der Waals surface area contributed by atoms with Crippen LogP contribution in [0.3, 0.4) is 0 Å². The van der Waals surface area contributed by atoms with Gasteiger partial charge in [-0.25, -0.2) is 4.79 Å². The van der Waals surface area contributed by atoms with Crippen molar-refractivity contribution >= 4 is 23.1 Å². The number of nitrogens with one attached hydrogen (secondary N) is 1. The number of para-hydroxylation sites is 1. The van der Waals surface area contributed by atoms with Crippen LogP contribution in [0.1, 0.15) is 6.42 Å². The normalized spacial score (nSPS) is 18.2. The van der Waals surface area contributed by atoms with Gasteiger partial charge in [0.15, 0.2) is 0 Å². The Bertz CT molecular complexity index is 598. The number of likely N-dealkylation sites (tertiary alicyclic amines) is 1. The summed E-state index contributed by atoms with van der Waals surface area (Å²) < 4.78 is 0. The zero-order chi connectivity index (χ0) is 13.9. The standard InChI is InChI=1S/C15H16N2O2S/c18-11-7-8-17(10-11)15(19)16-13-5-2-1-4-12(13)14-6-3-9-20-14/h1-6,9,11,18H,7-8,10H2,(H,16,19)/t11-/m1/s1.